The van der Waals surface area contributed by atoms with Crippen LogP contribution in [-0.4, -0.2) is 13.1 Å². The molecular weight excluding hydrogens is 265 g/mol. The third-order valence-corrected chi connectivity index (χ3v) is 3.64. The highest BCUT2D eigenvalue weighted by atomic mass is 19.4. The molecule has 2 nitrogen and oxygen atoms in total. The molecule has 1 aromatic carbocycles. The van der Waals surface area contributed by atoms with Crippen LogP contribution in [0.5, 0.6) is 0 Å². The number of hydrogen-bond acceptors (Lipinski definition) is 2. The summed E-state index contributed by atoms with van der Waals surface area (Å²) in [5.41, 5.74) is -0.0207. The fourth-order valence-corrected chi connectivity index (χ4v) is 2.57. The molecule has 1 fully saturated rings. The molecule has 1 aliphatic heterocycles. The minimum atomic E-state index is -4.40. The van der Waals surface area contributed by atoms with E-state index in [-0.39, 0.29) is 5.56 Å². The second-order valence-electron chi connectivity index (χ2n) is 5.10. The summed E-state index contributed by atoms with van der Waals surface area (Å²) in [5, 5.41) is 9.12. The zero-order valence-electron chi connectivity index (χ0n) is 11.2. The van der Waals surface area contributed by atoms with Gasteiger partial charge in [-0.2, -0.15) is 18.4 Å². The number of rotatable bonds is 1. The summed E-state index contributed by atoms with van der Waals surface area (Å²) < 4.78 is 38.0. The van der Waals surface area contributed by atoms with Gasteiger partial charge in [0.15, 0.2) is 0 Å². The summed E-state index contributed by atoms with van der Waals surface area (Å²) in [6.45, 7) is 1.61. The number of benzene rings is 1. The molecule has 108 valence electrons. The van der Waals surface area contributed by atoms with E-state index in [2.05, 4.69) is 0 Å². The molecule has 1 aromatic rings. The number of halogens is 3. The molecule has 2 rings (SSSR count). The van der Waals surface area contributed by atoms with Crippen LogP contribution in [0.25, 0.3) is 0 Å². The molecule has 0 N–H and O–H groups in total. The molecule has 20 heavy (non-hydrogen) atoms. The zero-order valence-corrected chi connectivity index (χ0v) is 11.2. The Hall–Kier alpha value is -1.70. The Balaban J connectivity index is 2.29. The van der Waals surface area contributed by atoms with E-state index in [1.54, 1.807) is 0 Å². The van der Waals surface area contributed by atoms with Crippen molar-refractivity contribution >= 4 is 5.69 Å². The van der Waals surface area contributed by atoms with E-state index in [1.807, 2.05) is 11.0 Å². The number of alkyl halides is 3. The Morgan fingerprint density at radius 3 is 2.15 bits per heavy atom. The number of nitrogens with zero attached hydrogens (tertiary/aromatic N) is 2. The van der Waals surface area contributed by atoms with Gasteiger partial charge in [0, 0.05) is 13.1 Å². The van der Waals surface area contributed by atoms with Gasteiger partial charge in [-0.3, -0.25) is 0 Å². The lowest BCUT2D eigenvalue weighted by molar-refractivity contribution is -0.137. The maximum atomic E-state index is 12.7. The predicted molar refractivity (Wildman–Crippen MR) is 71.5 cm³/mol. The molecule has 5 heteroatoms. The highest BCUT2D eigenvalue weighted by Crippen LogP contribution is 2.33. The van der Waals surface area contributed by atoms with Gasteiger partial charge in [0.1, 0.15) is 6.07 Å². The van der Waals surface area contributed by atoms with Gasteiger partial charge in [0.2, 0.25) is 0 Å². The third-order valence-electron chi connectivity index (χ3n) is 3.64. The SMILES string of the molecule is N#Cc1cc(C(F)(F)F)ccc1N1CCCCCCC1. The van der Waals surface area contributed by atoms with E-state index in [0.29, 0.717) is 5.69 Å². The molecular formula is C15H17F3N2. The van der Waals surface area contributed by atoms with Crippen LogP contribution in [0.3, 0.4) is 0 Å². The average Bonchev–Trinajstić information content (AvgIpc) is 2.37. The number of anilines is 1. The van der Waals surface area contributed by atoms with Gasteiger partial charge in [0.25, 0.3) is 0 Å². The van der Waals surface area contributed by atoms with Gasteiger partial charge in [-0.15, -0.1) is 0 Å². The Kier molecular flexibility index (Phi) is 4.53. The molecule has 1 heterocycles. The summed E-state index contributed by atoms with van der Waals surface area (Å²) in [6, 6.07) is 5.35. The fourth-order valence-electron chi connectivity index (χ4n) is 2.57. The number of hydrogen-bond donors (Lipinski definition) is 0. The molecule has 0 amide bonds. The van der Waals surface area contributed by atoms with Crippen LogP contribution in [0.4, 0.5) is 18.9 Å². The molecule has 0 aromatic heterocycles. The standard InChI is InChI=1S/C15H17F3N2/c16-15(17,18)13-6-7-14(12(10-13)11-19)20-8-4-2-1-3-5-9-20/h6-7,10H,1-5,8-9H2. The largest absolute Gasteiger partial charge is 0.416 e. The molecule has 0 atom stereocenters. The van der Waals surface area contributed by atoms with Crippen LogP contribution in [0.2, 0.25) is 0 Å². The fraction of sp³-hybridized carbons (Fsp3) is 0.533. The lowest BCUT2D eigenvalue weighted by atomic mass is 10.0. The van der Waals surface area contributed by atoms with Crippen molar-refractivity contribution in [2.24, 2.45) is 0 Å². The molecule has 0 saturated carbocycles. The van der Waals surface area contributed by atoms with Crippen LogP contribution in [0, 0.1) is 11.3 Å². The summed E-state index contributed by atoms with van der Waals surface area (Å²) >= 11 is 0. The van der Waals surface area contributed by atoms with Crippen molar-refractivity contribution in [3.05, 3.63) is 29.3 Å². The minimum Gasteiger partial charge on any atom is -0.370 e. The Morgan fingerprint density at radius 2 is 1.60 bits per heavy atom. The average molecular weight is 282 g/mol. The van der Waals surface area contributed by atoms with Crippen molar-refractivity contribution in [1.29, 1.82) is 5.26 Å². The summed E-state index contributed by atoms with van der Waals surface area (Å²) in [6.07, 6.45) is 1.13. The van der Waals surface area contributed by atoms with Gasteiger partial charge in [-0.05, 0) is 31.0 Å². The topological polar surface area (TPSA) is 27.0 Å². The molecule has 0 radical (unpaired) electrons. The van der Waals surface area contributed by atoms with Crippen LogP contribution in [-0.2, 0) is 6.18 Å². The first-order valence-corrected chi connectivity index (χ1v) is 6.88. The maximum absolute atomic E-state index is 12.7. The van der Waals surface area contributed by atoms with Gasteiger partial charge in [-0.25, -0.2) is 0 Å². The minimum absolute atomic E-state index is 0.111. The second-order valence-corrected chi connectivity index (χ2v) is 5.10. The molecule has 1 saturated heterocycles. The van der Waals surface area contributed by atoms with Gasteiger partial charge in [0.05, 0.1) is 16.8 Å². The van der Waals surface area contributed by atoms with Crippen LogP contribution < -0.4 is 4.90 Å². The molecule has 1 aliphatic rings. The van der Waals surface area contributed by atoms with Crippen molar-refractivity contribution in [3.8, 4) is 6.07 Å². The van der Waals surface area contributed by atoms with Crippen molar-refractivity contribution in [2.45, 2.75) is 38.3 Å². The van der Waals surface area contributed by atoms with E-state index in [0.717, 1.165) is 50.9 Å². The van der Waals surface area contributed by atoms with E-state index in [4.69, 9.17) is 5.26 Å². The normalized spacial score (nSPS) is 17.2. The lowest BCUT2D eigenvalue weighted by Crippen LogP contribution is -2.27. The van der Waals surface area contributed by atoms with Crippen LogP contribution in [0.15, 0.2) is 18.2 Å². The van der Waals surface area contributed by atoms with Gasteiger partial charge in [-0.1, -0.05) is 19.3 Å². The lowest BCUT2D eigenvalue weighted by Gasteiger charge is -2.28. The van der Waals surface area contributed by atoms with E-state index in [1.165, 1.54) is 12.5 Å². The van der Waals surface area contributed by atoms with E-state index in [9.17, 15) is 13.2 Å². The molecule has 0 spiro atoms. The van der Waals surface area contributed by atoms with E-state index < -0.39 is 11.7 Å². The van der Waals surface area contributed by atoms with Gasteiger partial charge < -0.3 is 4.90 Å². The second kappa shape index (κ2) is 6.17. The quantitative estimate of drug-likeness (QED) is 0.765. The Bertz CT molecular complexity index is 495. The summed E-state index contributed by atoms with van der Waals surface area (Å²) in [5.74, 6) is 0. The smallest absolute Gasteiger partial charge is 0.370 e. The first-order chi connectivity index (χ1) is 9.52. The third kappa shape index (κ3) is 3.44. The van der Waals surface area contributed by atoms with Crippen molar-refractivity contribution in [3.63, 3.8) is 0 Å². The highest BCUT2D eigenvalue weighted by molar-refractivity contribution is 5.60. The summed E-state index contributed by atoms with van der Waals surface area (Å²) in [7, 11) is 0. The Labute approximate surface area is 116 Å². The predicted octanol–water partition coefficient (Wildman–Crippen LogP) is 4.35. The number of nitriles is 1. The van der Waals surface area contributed by atoms with Crippen LogP contribution >= 0.6 is 0 Å². The van der Waals surface area contributed by atoms with E-state index >= 15 is 0 Å². The maximum Gasteiger partial charge on any atom is 0.416 e. The van der Waals surface area contributed by atoms with Crippen molar-refractivity contribution in [1.82, 2.24) is 0 Å². The van der Waals surface area contributed by atoms with Crippen molar-refractivity contribution < 1.29 is 13.2 Å². The first kappa shape index (κ1) is 14.7. The van der Waals surface area contributed by atoms with Gasteiger partial charge >= 0.3 is 6.18 Å². The van der Waals surface area contributed by atoms with Crippen LogP contribution in [0.1, 0.15) is 43.2 Å². The molecule has 0 bridgehead atoms. The Morgan fingerprint density at radius 1 is 1.00 bits per heavy atom. The monoisotopic (exact) mass is 282 g/mol. The summed E-state index contributed by atoms with van der Waals surface area (Å²) in [4.78, 5) is 2.04. The first-order valence-electron chi connectivity index (χ1n) is 6.88. The zero-order chi connectivity index (χ0) is 14.6. The van der Waals surface area contributed by atoms with Crippen molar-refractivity contribution in [2.75, 3.05) is 18.0 Å². The molecule has 0 aliphatic carbocycles. The highest BCUT2D eigenvalue weighted by Gasteiger charge is 2.31. The molecule has 0 unspecified atom stereocenters.